The van der Waals surface area contributed by atoms with E-state index in [2.05, 4.69) is 10.6 Å². The zero-order valence-electron chi connectivity index (χ0n) is 11.5. The number of carbonyl (C=O) groups is 2. The molecule has 2 atom stereocenters. The molecule has 0 bridgehead atoms. The molecule has 1 saturated carbocycles. The summed E-state index contributed by atoms with van der Waals surface area (Å²) in [5.74, 6) is -0.274. The van der Waals surface area contributed by atoms with Gasteiger partial charge in [-0.15, -0.1) is 0 Å². The molecule has 2 unspecified atom stereocenters. The van der Waals surface area contributed by atoms with E-state index in [9.17, 15) is 9.59 Å². The van der Waals surface area contributed by atoms with E-state index in [-0.39, 0.29) is 30.3 Å². The van der Waals surface area contributed by atoms with Gasteiger partial charge in [-0.1, -0.05) is 30.3 Å². The number of amides is 2. The molecule has 1 aliphatic rings. The molecule has 1 aliphatic carbocycles. The van der Waals surface area contributed by atoms with Crippen LogP contribution in [0.3, 0.4) is 0 Å². The van der Waals surface area contributed by atoms with Crippen molar-refractivity contribution in [2.75, 3.05) is 6.54 Å². The van der Waals surface area contributed by atoms with Crippen molar-refractivity contribution < 1.29 is 9.59 Å². The quantitative estimate of drug-likeness (QED) is 0.733. The summed E-state index contributed by atoms with van der Waals surface area (Å²) in [6.07, 6.45) is 2.42. The highest BCUT2D eigenvalue weighted by molar-refractivity contribution is 5.85. The lowest BCUT2D eigenvalue weighted by Crippen LogP contribution is -2.39. The normalized spacial score (nSPS) is 21.4. The number of carbonyl (C=O) groups excluding carboxylic acids is 2. The van der Waals surface area contributed by atoms with E-state index < -0.39 is 0 Å². The summed E-state index contributed by atoms with van der Waals surface area (Å²) in [6, 6.07) is 9.78. The maximum absolute atomic E-state index is 11.8. The Morgan fingerprint density at radius 2 is 1.90 bits per heavy atom. The highest BCUT2D eigenvalue weighted by Gasteiger charge is 2.27. The Bertz CT molecular complexity index is 461. The van der Waals surface area contributed by atoms with Crippen molar-refractivity contribution in [2.45, 2.75) is 31.8 Å². The van der Waals surface area contributed by atoms with E-state index in [1.54, 1.807) is 0 Å². The van der Waals surface area contributed by atoms with Gasteiger partial charge in [0, 0.05) is 18.5 Å². The van der Waals surface area contributed by atoms with Crippen LogP contribution in [0.15, 0.2) is 30.3 Å². The fourth-order valence-electron chi connectivity index (χ4n) is 2.43. The first-order valence-corrected chi connectivity index (χ1v) is 6.99. The highest BCUT2D eigenvalue weighted by atomic mass is 16.2. The van der Waals surface area contributed by atoms with Crippen LogP contribution in [0.2, 0.25) is 0 Å². The van der Waals surface area contributed by atoms with Crippen LogP contribution in [0, 0.1) is 5.92 Å². The summed E-state index contributed by atoms with van der Waals surface area (Å²) in [6.45, 7) is 0.501. The third-order valence-corrected chi connectivity index (χ3v) is 3.60. The second-order valence-electron chi connectivity index (χ2n) is 5.25. The Morgan fingerprint density at radius 3 is 2.55 bits per heavy atom. The van der Waals surface area contributed by atoms with Gasteiger partial charge >= 0.3 is 0 Å². The molecule has 20 heavy (non-hydrogen) atoms. The summed E-state index contributed by atoms with van der Waals surface area (Å²) in [5.41, 5.74) is 6.81. The van der Waals surface area contributed by atoms with Crippen molar-refractivity contribution in [1.29, 1.82) is 0 Å². The van der Waals surface area contributed by atoms with Gasteiger partial charge in [-0.05, 0) is 24.8 Å². The zero-order valence-corrected chi connectivity index (χ0v) is 11.5. The topological polar surface area (TPSA) is 84.2 Å². The average molecular weight is 275 g/mol. The van der Waals surface area contributed by atoms with Crippen molar-refractivity contribution in [3.05, 3.63) is 35.9 Å². The van der Waals surface area contributed by atoms with Crippen LogP contribution in [0.5, 0.6) is 0 Å². The summed E-state index contributed by atoms with van der Waals surface area (Å²) in [7, 11) is 0. The number of benzene rings is 1. The van der Waals surface area contributed by atoms with Gasteiger partial charge in [0.25, 0.3) is 0 Å². The number of hydrogen-bond donors (Lipinski definition) is 3. The van der Waals surface area contributed by atoms with Crippen molar-refractivity contribution in [3.8, 4) is 0 Å². The smallest absolute Gasteiger partial charge is 0.239 e. The van der Waals surface area contributed by atoms with E-state index in [0.717, 1.165) is 24.8 Å². The fraction of sp³-hybridized carbons (Fsp3) is 0.467. The van der Waals surface area contributed by atoms with Gasteiger partial charge in [-0.25, -0.2) is 0 Å². The summed E-state index contributed by atoms with van der Waals surface area (Å²) in [4.78, 5) is 23.5. The molecule has 0 saturated heterocycles. The first-order chi connectivity index (χ1) is 9.65. The van der Waals surface area contributed by atoms with Crippen molar-refractivity contribution in [3.63, 3.8) is 0 Å². The van der Waals surface area contributed by atoms with Gasteiger partial charge in [0.15, 0.2) is 0 Å². The Morgan fingerprint density at radius 1 is 1.15 bits per heavy atom. The SMILES string of the molecule is NC1CCC(C(=O)NCC(=O)NCc2ccccc2)C1. The van der Waals surface area contributed by atoms with E-state index in [0.29, 0.717) is 6.54 Å². The fourth-order valence-corrected chi connectivity index (χ4v) is 2.43. The lowest BCUT2D eigenvalue weighted by molar-refractivity contribution is -0.128. The molecule has 1 fully saturated rings. The molecule has 0 aliphatic heterocycles. The second kappa shape index (κ2) is 7.05. The molecule has 0 spiro atoms. The first kappa shape index (κ1) is 14.5. The lowest BCUT2D eigenvalue weighted by atomic mass is 10.1. The molecule has 4 N–H and O–H groups in total. The molecule has 108 valence electrons. The van der Waals surface area contributed by atoms with Crippen LogP contribution in [-0.2, 0) is 16.1 Å². The van der Waals surface area contributed by atoms with Gasteiger partial charge in [0.05, 0.1) is 6.54 Å². The van der Waals surface area contributed by atoms with E-state index in [4.69, 9.17) is 5.73 Å². The van der Waals surface area contributed by atoms with Gasteiger partial charge < -0.3 is 16.4 Å². The summed E-state index contributed by atoms with van der Waals surface area (Å²) < 4.78 is 0. The number of hydrogen-bond acceptors (Lipinski definition) is 3. The molecule has 0 radical (unpaired) electrons. The standard InChI is InChI=1S/C15H21N3O2/c16-13-7-6-12(8-13)15(20)18-10-14(19)17-9-11-4-2-1-3-5-11/h1-5,12-13H,6-10,16H2,(H,17,19)(H,18,20). The molecule has 0 aromatic heterocycles. The number of nitrogens with one attached hydrogen (secondary N) is 2. The minimum atomic E-state index is -0.176. The third kappa shape index (κ3) is 4.35. The third-order valence-electron chi connectivity index (χ3n) is 3.60. The zero-order chi connectivity index (χ0) is 14.4. The molecule has 2 amide bonds. The van der Waals surface area contributed by atoms with Gasteiger partial charge in [0.1, 0.15) is 0 Å². The molecule has 1 aromatic carbocycles. The van der Waals surface area contributed by atoms with Crippen LogP contribution in [0.4, 0.5) is 0 Å². The first-order valence-electron chi connectivity index (χ1n) is 6.99. The van der Waals surface area contributed by atoms with Crippen LogP contribution >= 0.6 is 0 Å². The van der Waals surface area contributed by atoms with Gasteiger partial charge in [0.2, 0.25) is 11.8 Å². The monoisotopic (exact) mass is 275 g/mol. The number of rotatable bonds is 5. The average Bonchev–Trinajstić information content (AvgIpc) is 2.90. The molecular formula is C15H21N3O2. The van der Waals surface area contributed by atoms with Crippen LogP contribution in [-0.4, -0.2) is 24.4 Å². The summed E-state index contributed by atoms with van der Waals surface area (Å²) >= 11 is 0. The Labute approximate surface area is 118 Å². The molecular weight excluding hydrogens is 254 g/mol. The van der Waals surface area contributed by atoms with Crippen molar-refractivity contribution in [1.82, 2.24) is 10.6 Å². The Balaban J connectivity index is 1.66. The van der Waals surface area contributed by atoms with Gasteiger partial charge in [-0.3, -0.25) is 9.59 Å². The van der Waals surface area contributed by atoms with Crippen LogP contribution < -0.4 is 16.4 Å². The van der Waals surface area contributed by atoms with E-state index in [1.165, 1.54) is 0 Å². The second-order valence-corrected chi connectivity index (χ2v) is 5.25. The minimum absolute atomic E-state index is 0.0252. The largest absolute Gasteiger partial charge is 0.350 e. The summed E-state index contributed by atoms with van der Waals surface area (Å²) in [5, 5.41) is 5.45. The van der Waals surface area contributed by atoms with Crippen LogP contribution in [0.1, 0.15) is 24.8 Å². The Kier molecular flexibility index (Phi) is 5.12. The lowest BCUT2D eigenvalue weighted by Gasteiger charge is -2.11. The molecule has 5 heteroatoms. The van der Waals surface area contributed by atoms with Crippen LogP contribution in [0.25, 0.3) is 0 Å². The Hall–Kier alpha value is -1.88. The maximum atomic E-state index is 11.8. The number of nitrogens with two attached hydrogens (primary N) is 1. The highest BCUT2D eigenvalue weighted by Crippen LogP contribution is 2.23. The molecule has 0 heterocycles. The predicted molar refractivity (Wildman–Crippen MR) is 76.6 cm³/mol. The molecule has 1 aromatic rings. The van der Waals surface area contributed by atoms with Gasteiger partial charge in [-0.2, -0.15) is 0 Å². The van der Waals surface area contributed by atoms with E-state index >= 15 is 0 Å². The van der Waals surface area contributed by atoms with E-state index in [1.807, 2.05) is 30.3 Å². The van der Waals surface area contributed by atoms with Crippen molar-refractivity contribution in [2.24, 2.45) is 11.7 Å². The van der Waals surface area contributed by atoms with Crippen molar-refractivity contribution >= 4 is 11.8 Å². The maximum Gasteiger partial charge on any atom is 0.239 e. The minimum Gasteiger partial charge on any atom is -0.350 e. The molecule has 5 nitrogen and oxygen atoms in total. The molecule has 2 rings (SSSR count). The predicted octanol–water partition coefficient (Wildman–Crippen LogP) is 0.546.